The van der Waals surface area contributed by atoms with E-state index in [9.17, 15) is 9.59 Å². The lowest BCUT2D eigenvalue weighted by molar-refractivity contribution is -0.118. The van der Waals surface area contributed by atoms with Gasteiger partial charge in [0, 0.05) is 23.3 Å². The fourth-order valence-corrected chi connectivity index (χ4v) is 2.47. The van der Waals surface area contributed by atoms with Gasteiger partial charge in [0.05, 0.1) is 0 Å². The van der Waals surface area contributed by atoms with E-state index in [4.69, 9.17) is 16.3 Å². The summed E-state index contributed by atoms with van der Waals surface area (Å²) in [5, 5.41) is 6.18. The molecular formula is C19H21ClN2O3. The molecule has 2 N–H and O–H groups in total. The number of rotatable bonds is 5. The molecule has 0 aliphatic heterocycles. The van der Waals surface area contributed by atoms with E-state index in [0.717, 1.165) is 16.7 Å². The molecule has 25 heavy (non-hydrogen) atoms. The number of aryl methyl sites for hydroxylation is 3. The first-order chi connectivity index (χ1) is 11.8. The first-order valence-corrected chi connectivity index (χ1v) is 8.21. The van der Waals surface area contributed by atoms with E-state index >= 15 is 0 Å². The highest BCUT2D eigenvalue weighted by atomic mass is 35.5. The van der Waals surface area contributed by atoms with Gasteiger partial charge in [-0.1, -0.05) is 17.7 Å². The average Bonchev–Trinajstić information content (AvgIpc) is 2.53. The quantitative estimate of drug-likeness (QED) is 0.837. The number of carbonyl (C=O) groups is 2. The van der Waals surface area contributed by atoms with Crippen LogP contribution < -0.4 is 15.4 Å². The van der Waals surface area contributed by atoms with Crippen molar-refractivity contribution in [3.05, 3.63) is 52.0 Å². The van der Waals surface area contributed by atoms with E-state index in [1.807, 2.05) is 26.8 Å². The van der Waals surface area contributed by atoms with Crippen LogP contribution >= 0.6 is 11.6 Å². The Kier molecular flexibility index (Phi) is 6.04. The highest BCUT2D eigenvalue weighted by molar-refractivity contribution is 6.32. The van der Waals surface area contributed by atoms with Crippen molar-refractivity contribution in [2.75, 3.05) is 17.2 Å². The van der Waals surface area contributed by atoms with Crippen molar-refractivity contribution >= 4 is 34.8 Å². The molecule has 2 aromatic rings. The van der Waals surface area contributed by atoms with E-state index in [-0.39, 0.29) is 18.4 Å². The van der Waals surface area contributed by atoms with Crippen molar-refractivity contribution in [3.63, 3.8) is 0 Å². The van der Waals surface area contributed by atoms with Crippen LogP contribution in [0, 0.1) is 20.8 Å². The van der Waals surface area contributed by atoms with Gasteiger partial charge in [-0.15, -0.1) is 0 Å². The Bertz CT molecular complexity index is 795. The molecule has 0 saturated carbocycles. The minimum Gasteiger partial charge on any atom is -0.484 e. The molecule has 0 radical (unpaired) electrons. The molecule has 0 fully saturated rings. The van der Waals surface area contributed by atoms with Crippen molar-refractivity contribution in [1.29, 1.82) is 0 Å². The van der Waals surface area contributed by atoms with Crippen LogP contribution in [0.4, 0.5) is 11.4 Å². The topological polar surface area (TPSA) is 67.4 Å². The summed E-state index contributed by atoms with van der Waals surface area (Å²) in [6.07, 6.45) is 0. The maximum atomic E-state index is 12.1. The zero-order chi connectivity index (χ0) is 18.6. The molecule has 0 atom stereocenters. The molecule has 0 bridgehead atoms. The Morgan fingerprint density at radius 3 is 2.24 bits per heavy atom. The van der Waals surface area contributed by atoms with Crippen LogP contribution in [0.1, 0.15) is 23.6 Å². The minimum absolute atomic E-state index is 0.121. The summed E-state index contributed by atoms with van der Waals surface area (Å²) in [6, 6.07) is 8.90. The Morgan fingerprint density at radius 1 is 1.00 bits per heavy atom. The van der Waals surface area contributed by atoms with Crippen LogP contribution in [0.3, 0.4) is 0 Å². The van der Waals surface area contributed by atoms with Crippen LogP contribution in [0.15, 0.2) is 30.3 Å². The third-order valence-electron chi connectivity index (χ3n) is 3.61. The normalized spacial score (nSPS) is 10.3. The van der Waals surface area contributed by atoms with Crippen LogP contribution in [0.2, 0.25) is 5.02 Å². The molecule has 0 aliphatic rings. The molecule has 0 aromatic heterocycles. The fourth-order valence-electron chi connectivity index (χ4n) is 2.36. The SMILES string of the molecule is CC(=O)Nc1cc(NC(=O)COc2cc(C)c(Cl)c(C)c2)ccc1C. The van der Waals surface area contributed by atoms with Crippen molar-refractivity contribution in [1.82, 2.24) is 0 Å². The Labute approximate surface area is 152 Å². The van der Waals surface area contributed by atoms with E-state index < -0.39 is 0 Å². The molecule has 2 amide bonds. The summed E-state index contributed by atoms with van der Waals surface area (Å²) in [5.74, 6) is 0.142. The maximum Gasteiger partial charge on any atom is 0.262 e. The first-order valence-electron chi connectivity index (χ1n) is 7.84. The van der Waals surface area contributed by atoms with Gasteiger partial charge >= 0.3 is 0 Å². The molecule has 6 heteroatoms. The highest BCUT2D eigenvalue weighted by Gasteiger charge is 2.08. The summed E-state index contributed by atoms with van der Waals surface area (Å²) in [6.45, 7) is 6.97. The monoisotopic (exact) mass is 360 g/mol. The summed E-state index contributed by atoms with van der Waals surface area (Å²) >= 11 is 6.12. The van der Waals surface area contributed by atoms with Gasteiger partial charge in [-0.05, 0) is 61.7 Å². The van der Waals surface area contributed by atoms with E-state index in [0.29, 0.717) is 22.1 Å². The fraction of sp³-hybridized carbons (Fsp3) is 0.263. The van der Waals surface area contributed by atoms with Crippen molar-refractivity contribution in [3.8, 4) is 5.75 Å². The molecule has 2 rings (SSSR count). The Balaban J connectivity index is 2.00. The molecular weight excluding hydrogens is 340 g/mol. The minimum atomic E-state index is -0.289. The molecule has 0 saturated heterocycles. The number of benzene rings is 2. The standard InChI is InChI=1S/C19H21ClN2O3/c1-11-5-6-15(9-17(11)21-14(4)23)22-18(24)10-25-16-7-12(2)19(20)13(3)8-16/h5-9H,10H2,1-4H3,(H,21,23)(H,22,24). The summed E-state index contributed by atoms with van der Waals surface area (Å²) in [5.41, 5.74) is 3.96. The van der Waals surface area contributed by atoms with Gasteiger partial charge in [0.1, 0.15) is 5.75 Å². The number of nitrogens with one attached hydrogen (secondary N) is 2. The van der Waals surface area contributed by atoms with Crippen LogP contribution in [-0.2, 0) is 9.59 Å². The zero-order valence-corrected chi connectivity index (χ0v) is 15.5. The Morgan fingerprint density at radius 2 is 1.64 bits per heavy atom. The molecule has 132 valence electrons. The number of halogens is 1. The van der Waals surface area contributed by atoms with Gasteiger partial charge in [-0.2, -0.15) is 0 Å². The van der Waals surface area contributed by atoms with Gasteiger partial charge in [-0.25, -0.2) is 0 Å². The summed E-state index contributed by atoms with van der Waals surface area (Å²) < 4.78 is 5.53. The largest absolute Gasteiger partial charge is 0.484 e. The molecule has 0 heterocycles. The maximum absolute atomic E-state index is 12.1. The van der Waals surface area contributed by atoms with Crippen LogP contribution in [0.25, 0.3) is 0 Å². The molecule has 2 aromatic carbocycles. The van der Waals surface area contributed by atoms with Crippen LogP contribution in [0.5, 0.6) is 5.75 Å². The van der Waals surface area contributed by atoms with Crippen molar-refractivity contribution < 1.29 is 14.3 Å². The number of hydrogen-bond acceptors (Lipinski definition) is 3. The highest BCUT2D eigenvalue weighted by Crippen LogP contribution is 2.26. The Hall–Kier alpha value is -2.53. The predicted molar refractivity (Wildman–Crippen MR) is 101 cm³/mol. The van der Waals surface area contributed by atoms with Gasteiger partial charge < -0.3 is 15.4 Å². The predicted octanol–water partition coefficient (Wildman–Crippen LogP) is 4.24. The third kappa shape index (κ3) is 5.22. The number of ether oxygens (including phenoxy) is 1. The molecule has 0 spiro atoms. The number of anilines is 2. The number of amides is 2. The number of hydrogen-bond donors (Lipinski definition) is 2. The van der Waals surface area contributed by atoms with E-state index in [1.54, 1.807) is 24.3 Å². The lowest BCUT2D eigenvalue weighted by Crippen LogP contribution is -2.20. The van der Waals surface area contributed by atoms with Gasteiger partial charge in [-0.3, -0.25) is 9.59 Å². The number of carbonyl (C=O) groups excluding carboxylic acids is 2. The van der Waals surface area contributed by atoms with Gasteiger partial charge in [0.25, 0.3) is 5.91 Å². The van der Waals surface area contributed by atoms with Crippen molar-refractivity contribution in [2.24, 2.45) is 0 Å². The van der Waals surface area contributed by atoms with Crippen molar-refractivity contribution in [2.45, 2.75) is 27.7 Å². The lowest BCUT2D eigenvalue weighted by Gasteiger charge is -2.12. The smallest absolute Gasteiger partial charge is 0.262 e. The zero-order valence-electron chi connectivity index (χ0n) is 14.7. The average molecular weight is 361 g/mol. The second kappa shape index (κ2) is 8.03. The molecule has 0 aliphatic carbocycles. The second-order valence-corrected chi connectivity index (χ2v) is 6.30. The van der Waals surface area contributed by atoms with Gasteiger partial charge in [0.15, 0.2) is 6.61 Å². The summed E-state index contributed by atoms with van der Waals surface area (Å²) in [4.78, 5) is 23.3. The van der Waals surface area contributed by atoms with Crippen LogP contribution in [-0.4, -0.2) is 18.4 Å². The summed E-state index contributed by atoms with van der Waals surface area (Å²) in [7, 11) is 0. The third-order valence-corrected chi connectivity index (χ3v) is 4.21. The molecule has 5 nitrogen and oxygen atoms in total. The first kappa shape index (κ1) is 18.8. The lowest BCUT2D eigenvalue weighted by atomic mass is 10.1. The molecule has 0 unspecified atom stereocenters. The van der Waals surface area contributed by atoms with E-state index in [1.165, 1.54) is 6.92 Å². The van der Waals surface area contributed by atoms with E-state index in [2.05, 4.69) is 10.6 Å². The van der Waals surface area contributed by atoms with Gasteiger partial charge in [0.2, 0.25) is 5.91 Å². The second-order valence-electron chi connectivity index (χ2n) is 5.92.